The van der Waals surface area contributed by atoms with Crippen LogP contribution in [0.1, 0.15) is 44.6 Å². The number of benzene rings is 1. The molecule has 0 spiro atoms. The number of aliphatic imine (C=N–C) groups is 1. The molecule has 1 atom stereocenters. The van der Waals surface area contributed by atoms with Crippen LogP contribution in [0, 0.1) is 0 Å². The van der Waals surface area contributed by atoms with Gasteiger partial charge in [0, 0.05) is 19.7 Å². The largest absolute Gasteiger partial charge is 0.491 e. The number of guanidine groups is 1. The third-order valence-corrected chi connectivity index (χ3v) is 3.99. The summed E-state index contributed by atoms with van der Waals surface area (Å²) in [5, 5.41) is 16.9. The van der Waals surface area contributed by atoms with E-state index in [9.17, 15) is 5.11 Å². The van der Waals surface area contributed by atoms with Crippen molar-refractivity contribution in [3.63, 3.8) is 0 Å². The summed E-state index contributed by atoms with van der Waals surface area (Å²) in [5.41, 5.74) is 0.812. The second-order valence-corrected chi connectivity index (χ2v) is 6.88. The Hall–Kier alpha value is -2.51. The molecule has 2 rings (SSSR count). The van der Waals surface area contributed by atoms with E-state index in [0.717, 1.165) is 36.6 Å². The van der Waals surface area contributed by atoms with Gasteiger partial charge in [0.2, 0.25) is 0 Å². The van der Waals surface area contributed by atoms with Crippen molar-refractivity contribution in [1.29, 1.82) is 0 Å². The van der Waals surface area contributed by atoms with Crippen LogP contribution >= 0.6 is 0 Å². The number of ether oxygens (including phenoxy) is 2. The van der Waals surface area contributed by atoms with Crippen LogP contribution in [-0.4, -0.2) is 43.4 Å². The molecule has 1 aromatic carbocycles. The van der Waals surface area contributed by atoms with E-state index in [4.69, 9.17) is 13.9 Å². The van der Waals surface area contributed by atoms with Crippen molar-refractivity contribution >= 4 is 5.96 Å². The molecule has 0 saturated carbocycles. The van der Waals surface area contributed by atoms with Gasteiger partial charge in [0.05, 0.1) is 25.0 Å². The molecule has 7 heteroatoms. The first-order valence-electron chi connectivity index (χ1n) is 10.2. The third-order valence-electron chi connectivity index (χ3n) is 3.99. The summed E-state index contributed by atoms with van der Waals surface area (Å²) in [7, 11) is 0. The Morgan fingerprint density at radius 1 is 1.17 bits per heavy atom. The van der Waals surface area contributed by atoms with E-state index >= 15 is 0 Å². The molecule has 0 amide bonds. The Balaban J connectivity index is 1.72. The molecule has 1 heterocycles. The molecule has 29 heavy (non-hydrogen) atoms. The van der Waals surface area contributed by atoms with E-state index in [0.29, 0.717) is 19.2 Å². The molecule has 0 aliphatic rings. The normalized spacial score (nSPS) is 12.8. The highest BCUT2D eigenvalue weighted by Gasteiger charge is 2.08. The minimum Gasteiger partial charge on any atom is -0.491 e. The molecular formula is C22H33N3O4. The van der Waals surface area contributed by atoms with E-state index in [2.05, 4.69) is 15.6 Å². The highest BCUT2D eigenvalue weighted by Crippen LogP contribution is 2.19. The summed E-state index contributed by atoms with van der Waals surface area (Å²) in [6.45, 7) is 8.83. The van der Waals surface area contributed by atoms with Gasteiger partial charge in [0.25, 0.3) is 0 Å². The van der Waals surface area contributed by atoms with Crippen LogP contribution in [0.5, 0.6) is 5.75 Å². The van der Waals surface area contributed by atoms with Gasteiger partial charge in [-0.05, 0) is 57.0 Å². The second kappa shape index (κ2) is 12.9. The molecule has 160 valence electrons. The summed E-state index contributed by atoms with van der Waals surface area (Å²) < 4.78 is 16.4. The first-order valence-corrected chi connectivity index (χ1v) is 10.2. The molecular weight excluding hydrogens is 370 g/mol. The van der Waals surface area contributed by atoms with Crippen molar-refractivity contribution in [3.05, 3.63) is 54.0 Å². The minimum atomic E-state index is -0.671. The average Bonchev–Trinajstić information content (AvgIpc) is 3.22. The Labute approximate surface area is 173 Å². The Morgan fingerprint density at radius 2 is 1.97 bits per heavy atom. The van der Waals surface area contributed by atoms with E-state index in [1.165, 1.54) is 0 Å². The lowest BCUT2D eigenvalue weighted by atomic mass is 10.1. The number of rotatable bonds is 12. The second-order valence-electron chi connectivity index (χ2n) is 6.88. The topological polar surface area (TPSA) is 88.3 Å². The van der Waals surface area contributed by atoms with Crippen molar-refractivity contribution in [2.24, 2.45) is 4.99 Å². The smallest absolute Gasteiger partial charge is 0.191 e. The zero-order chi connectivity index (χ0) is 20.9. The Kier molecular flexibility index (Phi) is 10.1. The minimum absolute atomic E-state index is 0.125. The molecule has 0 saturated heterocycles. The number of hydrogen-bond donors (Lipinski definition) is 3. The van der Waals surface area contributed by atoms with Gasteiger partial charge in [-0.2, -0.15) is 0 Å². The van der Waals surface area contributed by atoms with Gasteiger partial charge >= 0.3 is 0 Å². The van der Waals surface area contributed by atoms with E-state index in [-0.39, 0.29) is 12.6 Å². The maximum Gasteiger partial charge on any atom is 0.191 e. The van der Waals surface area contributed by atoms with Crippen LogP contribution in [0.25, 0.3) is 0 Å². The molecule has 0 fully saturated rings. The predicted octanol–water partition coefficient (Wildman–Crippen LogP) is 3.26. The van der Waals surface area contributed by atoms with Crippen molar-refractivity contribution in [2.45, 2.75) is 46.0 Å². The zero-order valence-corrected chi connectivity index (χ0v) is 17.6. The number of furan rings is 1. The van der Waals surface area contributed by atoms with Crippen LogP contribution in [0.3, 0.4) is 0 Å². The fourth-order valence-electron chi connectivity index (χ4n) is 2.61. The zero-order valence-electron chi connectivity index (χ0n) is 17.6. The first-order chi connectivity index (χ1) is 14.1. The summed E-state index contributed by atoms with van der Waals surface area (Å²) in [6, 6.07) is 11.2. The summed E-state index contributed by atoms with van der Waals surface area (Å²) in [4.78, 5) is 4.48. The van der Waals surface area contributed by atoms with E-state index < -0.39 is 6.10 Å². The van der Waals surface area contributed by atoms with Crippen LogP contribution in [0.15, 0.2) is 52.1 Å². The van der Waals surface area contributed by atoms with Gasteiger partial charge in [0.1, 0.15) is 18.1 Å². The lowest BCUT2D eigenvalue weighted by Crippen LogP contribution is -2.38. The highest BCUT2D eigenvalue weighted by atomic mass is 16.5. The maximum atomic E-state index is 10.4. The van der Waals surface area contributed by atoms with Gasteiger partial charge in [0.15, 0.2) is 5.96 Å². The van der Waals surface area contributed by atoms with Crippen LogP contribution in [0.4, 0.5) is 0 Å². The standard InChI is InChI=1S/C22H33N3O4/c1-4-23-22(24-12-6-13-27-16-20-7-5-14-28-20)25-15-21(26)18-8-10-19(11-9-18)29-17(2)3/h5,7-11,14,17,21,26H,4,6,12-13,15-16H2,1-3H3,(H2,23,24,25). The van der Waals surface area contributed by atoms with Gasteiger partial charge in [-0.25, -0.2) is 0 Å². The van der Waals surface area contributed by atoms with Crippen LogP contribution in [0.2, 0.25) is 0 Å². The number of nitrogens with zero attached hydrogens (tertiary/aromatic N) is 1. The summed E-state index contributed by atoms with van der Waals surface area (Å²) >= 11 is 0. The van der Waals surface area contributed by atoms with E-state index in [1.54, 1.807) is 6.26 Å². The lowest BCUT2D eigenvalue weighted by Gasteiger charge is -2.14. The van der Waals surface area contributed by atoms with Gasteiger partial charge in [-0.1, -0.05) is 12.1 Å². The molecule has 1 aromatic heterocycles. The Morgan fingerprint density at radius 3 is 2.62 bits per heavy atom. The summed E-state index contributed by atoms with van der Waals surface area (Å²) in [5.74, 6) is 2.30. The van der Waals surface area contributed by atoms with Crippen LogP contribution < -0.4 is 15.4 Å². The monoisotopic (exact) mass is 403 g/mol. The molecule has 7 nitrogen and oxygen atoms in total. The number of aliphatic hydroxyl groups is 1. The van der Waals surface area contributed by atoms with Crippen molar-refractivity contribution in [1.82, 2.24) is 10.6 Å². The maximum absolute atomic E-state index is 10.4. The number of hydrogen-bond acceptors (Lipinski definition) is 5. The first kappa shape index (κ1) is 22.8. The molecule has 0 bridgehead atoms. The van der Waals surface area contributed by atoms with Gasteiger partial charge in [-0.15, -0.1) is 0 Å². The molecule has 3 N–H and O–H groups in total. The van der Waals surface area contributed by atoms with Crippen LogP contribution in [-0.2, 0) is 11.3 Å². The summed E-state index contributed by atoms with van der Waals surface area (Å²) in [6.07, 6.45) is 1.93. The molecule has 0 aliphatic heterocycles. The fourth-order valence-corrected chi connectivity index (χ4v) is 2.61. The molecule has 2 aromatic rings. The highest BCUT2D eigenvalue weighted by molar-refractivity contribution is 5.79. The fraction of sp³-hybridized carbons (Fsp3) is 0.500. The van der Waals surface area contributed by atoms with E-state index in [1.807, 2.05) is 57.2 Å². The predicted molar refractivity (Wildman–Crippen MR) is 114 cm³/mol. The average molecular weight is 404 g/mol. The lowest BCUT2D eigenvalue weighted by molar-refractivity contribution is 0.105. The van der Waals surface area contributed by atoms with Gasteiger partial charge in [-0.3, -0.25) is 4.99 Å². The molecule has 1 unspecified atom stereocenters. The van der Waals surface area contributed by atoms with Gasteiger partial charge < -0.3 is 29.6 Å². The number of aliphatic hydroxyl groups excluding tert-OH is 1. The third kappa shape index (κ3) is 9.02. The SMILES string of the molecule is CCNC(=NCC(O)c1ccc(OC(C)C)cc1)NCCCOCc1ccco1. The molecule has 0 radical (unpaired) electrons. The van der Waals surface area contributed by atoms with Crippen molar-refractivity contribution < 1.29 is 19.0 Å². The number of nitrogens with one attached hydrogen (secondary N) is 2. The molecule has 0 aliphatic carbocycles. The van der Waals surface area contributed by atoms with Crippen molar-refractivity contribution in [2.75, 3.05) is 26.2 Å². The quantitative estimate of drug-likeness (QED) is 0.286. The Bertz CT molecular complexity index is 699. The van der Waals surface area contributed by atoms with Crippen molar-refractivity contribution in [3.8, 4) is 5.75 Å².